The van der Waals surface area contributed by atoms with Gasteiger partial charge in [-0.2, -0.15) is 0 Å². The van der Waals surface area contributed by atoms with Crippen molar-refractivity contribution in [3.05, 3.63) is 58.9 Å². The van der Waals surface area contributed by atoms with Gasteiger partial charge in [-0.25, -0.2) is 0 Å². The number of rotatable bonds is 6. The third-order valence-corrected chi connectivity index (χ3v) is 3.63. The second-order valence-corrected chi connectivity index (χ2v) is 5.21. The number of hydrogen-bond donors (Lipinski definition) is 2. The van der Waals surface area contributed by atoms with Crippen LogP contribution < -0.4 is 11.1 Å². The van der Waals surface area contributed by atoms with Crippen LogP contribution in [-0.4, -0.2) is 11.5 Å². The summed E-state index contributed by atoms with van der Waals surface area (Å²) in [5.74, 6) is 0. The highest BCUT2D eigenvalue weighted by Gasteiger charge is 2.15. The second kappa shape index (κ2) is 7.27. The van der Waals surface area contributed by atoms with Crippen molar-refractivity contribution in [2.24, 2.45) is 0 Å². The highest BCUT2D eigenvalue weighted by Crippen LogP contribution is 2.27. The fraction of sp³-hybridized carbons (Fsp3) is 0.312. The van der Waals surface area contributed by atoms with E-state index in [0.29, 0.717) is 0 Å². The van der Waals surface area contributed by atoms with E-state index in [1.807, 2.05) is 30.5 Å². The lowest BCUT2D eigenvalue weighted by atomic mass is 9.98. The molecule has 3 N–H and O–H groups in total. The van der Waals surface area contributed by atoms with Gasteiger partial charge in [-0.05, 0) is 42.6 Å². The Labute approximate surface area is 125 Å². The number of nitrogens with one attached hydrogen (secondary N) is 1. The van der Waals surface area contributed by atoms with Crippen LogP contribution in [0.5, 0.6) is 0 Å². The van der Waals surface area contributed by atoms with Crippen molar-refractivity contribution in [3.8, 4) is 0 Å². The molecule has 2 rings (SSSR count). The summed E-state index contributed by atoms with van der Waals surface area (Å²) in [6.45, 7) is 3.09. The molecule has 0 aliphatic rings. The summed E-state index contributed by atoms with van der Waals surface area (Å²) in [6, 6.07) is 9.91. The van der Waals surface area contributed by atoms with E-state index >= 15 is 0 Å². The maximum atomic E-state index is 6.32. The van der Waals surface area contributed by atoms with Gasteiger partial charge in [0.2, 0.25) is 0 Å². The van der Waals surface area contributed by atoms with Crippen LogP contribution in [0.4, 0.5) is 5.69 Å². The van der Waals surface area contributed by atoms with Gasteiger partial charge >= 0.3 is 0 Å². The summed E-state index contributed by atoms with van der Waals surface area (Å²) in [6.07, 6.45) is 5.39. The lowest BCUT2D eigenvalue weighted by Crippen LogP contribution is -2.24. The minimum Gasteiger partial charge on any atom is -0.398 e. The Morgan fingerprint density at radius 3 is 2.80 bits per heavy atom. The fourth-order valence-corrected chi connectivity index (χ4v) is 2.46. The number of nitrogens with zero attached hydrogens (tertiary/aromatic N) is 1. The number of anilines is 1. The van der Waals surface area contributed by atoms with Crippen molar-refractivity contribution in [1.29, 1.82) is 0 Å². The van der Waals surface area contributed by atoms with Gasteiger partial charge in [0, 0.05) is 29.1 Å². The normalized spacial score (nSPS) is 12.3. The number of hydrogen-bond acceptors (Lipinski definition) is 3. The van der Waals surface area contributed by atoms with E-state index in [2.05, 4.69) is 23.3 Å². The molecule has 1 aromatic heterocycles. The van der Waals surface area contributed by atoms with Gasteiger partial charge in [-0.15, -0.1) is 0 Å². The Hall–Kier alpha value is -1.58. The van der Waals surface area contributed by atoms with E-state index in [9.17, 15) is 0 Å². The zero-order valence-corrected chi connectivity index (χ0v) is 12.4. The van der Waals surface area contributed by atoms with Crippen LogP contribution >= 0.6 is 11.6 Å². The van der Waals surface area contributed by atoms with E-state index in [1.54, 1.807) is 6.20 Å². The molecule has 1 unspecified atom stereocenters. The molecule has 0 fully saturated rings. The van der Waals surface area contributed by atoms with E-state index in [-0.39, 0.29) is 6.04 Å². The molecule has 0 spiro atoms. The predicted octanol–water partition coefficient (Wildman–Crippen LogP) is 3.60. The van der Waals surface area contributed by atoms with Gasteiger partial charge in [0.25, 0.3) is 0 Å². The summed E-state index contributed by atoms with van der Waals surface area (Å²) in [5.41, 5.74) is 8.93. The molecule has 1 heterocycles. The van der Waals surface area contributed by atoms with Crippen molar-refractivity contribution >= 4 is 17.3 Å². The van der Waals surface area contributed by atoms with Crippen molar-refractivity contribution in [3.63, 3.8) is 0 Å². The molecule has 0 saturated carbocycles. The van der Waals surface area contributed by atoms with Gasteiger partial charge in [0.15, 0.2) is 0 Å². The average Bonchev–Trinajstić information content (AvgIpc) is 2.46. The Bertz CT molecular complexity index is 557. The van der Waals surface area contributed by atoms with Crippen LogP contribution in [-0.2, 0) is 6.42 Å². The standard InChI is InChI=1S/C16H20ClN3/c1-2-8-20-16(13-5-3-4-6-14(13)17)10-12-11-19-9-7-15(12)18/h3-7,9,11,16,20H,2,8,10H2,1H3,(H2,18,19). The minimum absolute atomic E-state index is 0.148. The molecule has 1 atom stereocenters. The first-order valence-corrected chi connectivity index (χ1v) is 7.26. The predicted molar refractivity (Wildman–Crippen MR) is 84.8 cm³/mol. The van der Waals surface area contributed by atoms with E-state index in [1.165, 1.54) is 0 Å². The minimum atomic E-state index is 0.148. The van der Waals surface area contributed by atoms with Crippen LogP contribution in [0.2, 0.25) is 5.02 Å². The highest BCUT2D eigenvalue weighted by atomic mass is 35.5. The van der Waals surface area contributed by atoms with Gasteiger partial charge in [-0.3, -0.25) is 4.98 Å². The van der Waals surface area contributed by atoms with Crippen molar-refractivity contribution < 1.29 is 0 Å². The van der Waals surface area contributed by atoms with E-state index in [0.717, 1.165) is 41.2 Å². The molecule has 3 nitrogen and oxygen atoms in total. The number of pyridine rings is 1. The van der Waals surface area contributed by atoms with Crippen molar-refractivity contribution in [2.45, 2.75) is 25.8 Å². The quantitative estimate of drug-likeness (QED) is 0.854. The average molecular weight is 290 g/mol. The van der Waals surface area contributed by atoms with Gasteiger partial charge < -0.3 is 11.1 Å². The summed E-state index contributed by atoms with van der Waals surface area (Å²) in [4.78, 5) is 4.15. The molecular weight excluding hydrogens is 270 g/mol. The molecule has 2 aromatic rings. The van der Waals surface area contributed by atoms with Crippen LogP contribution in [0.3, 0.4) is 0 Å². The number of nitrogen functional groups attached to an aromatic ring is 1. The van der Waals surface area contributed by atoms with Crippen LogP contribution in [0.15, 0.2) is 42.7 Å². The SMILES string of the molecule is CCCNC(Cc1cnccc1N)c1ccccc1Cl. The molecule has 1 aromatic carbocycles. The maximum Gasteiger partial charge on any atom is 0.0453 e. The Morgan fingerprint density at radius 1 is 1.30 bits per heavy atom. The van der Waals surface area contributed by atoms with Crippen LogP contribution in [0, 0.1) is 0 Å². The Morgan fingerprint density at radius 2 is 2.10 bits per heavy atom. The van der Waals surface area contributed by atoms with Gasteiger partial charge in [0.1, 0.15) is 0 Å². The molecule has 20 heavy (non-hydrogen) atoms. The largest absolute Gasteiger partial charge is 0.398 e. The number of halogens is 1. The summed E-state index contributed by atoms with van der Waals surface area (Å²) >= 11 is 6.32. The summed E-state index contributed by atoms with van der Waals surface area (Å²) < 4.78 is 0. The molecular formula is C16H20ClN3. The molecule has 106 valence electrons. The number of benzene rings is 1. The smallest absolute Gasteiger partial charge is 0.0453 e. The highest BCUT2D eigenvalue weighted by molar-refractivity contribution is 6.31. The first kappa shape index (κ1) is 14.8. The Balaban J connectivity index is 2.24. The molecule has 0 radical (unpaired) electrons. The van der Waals surface area contributed by atoms with Crippen molar-refractivity contribution in [2.75, 3.05) is 12.3 Å². The lowest BCUT2D eigenvalue weighted by molar-refractivity contribution is 0.529. The van der Waals surface area contributed by atoms with Crippen LogP contribution in [0.25, 0.3) is 0 Å². The maximum absolute atomic E-state index is 6.32. The first-order valence-electron chi connectivity index (χ1n) is 6.88. The van der Waals surface area contributed by atoms with Gasteiger partial charge in [-0.1, -0.05) is 36.7 Å². The Kier molecular flexibility index (Phi) is 5.39. The third kappa shape index (κ3) is 3.71. The summed E-state index contributed by atoms with van der Waals surface area (Å²) in [7, 11) is 0. The molecule has 0 bridgehead atoms. The lowest BCUT2D eigenvalue weighted by Gasteiger charge is -2.21. The molecule has 0 amide bonds. The molecule has 0 aliphatic heterocycles. The molecule has 0 aliphatic carbocycles. The fourth-order valence-electron chi connectivity index (χ4n) is 2.20. The third-order valence-electron chi connectivity index (χ3n) is 3.29. The monoisotopic (exact) mass is 289 g/mol. The molecule has 0 saturated heterocycles. The zero-order chi connectivity index (χ0) is 14.4. The topological polar surface area (TPSA) is 50.9 Å². The number of nitrogens with two attached hydrogens (primary N) is 1. The number of aromatic nitrogens is 1. The van der Waals surface area contributed by atoms with E-state index in [4.69, 9.17) is 17.3 Å². The zero-order valence-electron chi connectivity index (χ0n) is 11.6. The second-order valence-electron chi connectivity index (χ2n) is 4.81. The van der Waals surface area contributed by atoms with Crippen LogP contribution in [0.1, 0.15) is 30.5 Å². The van der Waals surface area contributed by atoms with Gasteiger partial charge in [0.05, 0.1) is 0 Å². The first-order chi connectivity index (χ1) is 9.72. The van der Waals surface area contributed by atoms with Crippen molar-refractivity contribution in [1.82, 2.24) is 10.3 Å². The van der Waals surface area contributed by atoms with E-state index < -0.39 is 0 Å². The molecule has 4 heteroatoms. The summed E-state index contributed by atoms with van der Waals surface area (Å²) in [5, 5.41) is 4.32.